The molecule has 0 aliphatic heterocycles. The molecule has 98 valence electrons. The number of thiocarbonyl (C=S) groups is 1. The van der Waals surface area contributed by atoms with Gasteiger partial charge in [0.05, 0.1) is 17.1 Å². The Kier molecular flexibility index (Phi) is 3.97. The predicted octanol–water partition coefficient (Wildman–Crippen LogP) is 1.89. The molecular weight excluding hydrogens is 282 g/mol. The Labute approximate surface area is 120 Å². The highest BCUT2D eigenvalue weighted by Crippen LogP contribution is 2.15. The molecule has 6 heteroatoms. The fraction of sp³-hybridized carbons (Fsp3) is 0.154. The number of aryl methyl sites for hydroxylation is 1. The molecule has 0 spiro atoms. The monoisotopic (exact) mass is 293 g/mol. The molecule has 2 rings (SSSR count). The van der Waals surface area contributed by atoms with Gasteiger partial charge in [0.2, 0.25) is 0 Å². The second kappa shape index (κ2) is 5.50. The van der Waals surface area contributed by atoms with Crippen LogP contribution in [0.4, 0.5) is 0 Å². The molecule has 0 atom stereocenters. The highest BCUT2D eigenvalue weighted by Gasteiger charge is 2.10. The zero-order valence-electron chi connectivity index (χ0n) is 10.3. The molecule has 2 heterocycles. The van der Waals surface area contributed by atoms with Crippen LogP contribution in [-0.2, 0) is 6.54 Å². The van der Waals surface area contributed by atoms with Crippen LogP contribution in [0.2, 0.25) is 5.02 Å². The largest absolute Gasteiger partial charge is 0.389 e. The minimum Gasteiger partial charge on any atom is -0.389 e. The molecule has 4 nitrogen and oxygen atoms in total. The van der Waals surface area contributed by atoms with Crippen molar-refractivity contribution in [1.82, 2.24) is 9.55 Å². The van der Waals surface area contributed by atoms with Gasteiger partial charge < -0.3 is 10.3 Å². The van der Waals surface area contributed by atoms with Gasteiger partial charge in [-0.25, -0.2) is 0 Å². The van der Waals surface area contributed by atoms with E-state index in [1.807, 2.05) is 13.0 Å². The first-order valence-electron chi connectivity index (χ1n) is 5.59. The Morgan fingerprint density at radius 2 is 2.21 bits per heavy atom. The quantitative estimate of drug-likeness (QED) is 0.878. The normalized spacial score (nSPS) is 10.4. The van der Waals surface area contributed by atoms with Gasteiger partial charge in [0.15, 0.2) is 0 Å². The molecule has 0 bridgehead atoms. The van der Waals surface area contributed by atoms with Crippen molar-refractivity contribution < 1.29 is 0 Å². The summed E-state index contributed by atoms with van der Waals surface area (Å²) >= 11 is 10.9. The number of hydrogen-bond acceptors (Lipinski definition) is 3. The number of hydrogen-bond donors (Lipinski definition) is 1. The topological polar surface area (TPSA) is 60.9 Å². The molecule has 0 unspecified atom stereocenters. The van der Waals surface area contributed by atoms with Gasteiger partial charge in [0.25, 0.3) is 5.56 Å². The molecule has 0 aliphatic carbocycles. The van der Waals surface area contributed by atoms with Crippen molar-refractivity contribution in [2.45, 2.75) is 13.5 Å². The maximum absolute atomic E-state index is 12.3. The molecule has 2 N–H and O–H groups in total. The van der Waals surface area contributed by atoms with Crippen LogP contribution in [0.3, 0.4) is 0 Å². The number of aromatic nitrogens is 2. The lowest BCUT2D eigenvalue weighted by Crippen LogP contribution is -2.30. The molecule has 0 aromatic carbocycles. The number of pyridine rings is 2. The number of nitrogens with zero attached hydrogens (tertiary/aromatic N) is 2. The van der Waals surface area contributed by atoms with Crippen molar-refractivity contribution in [3.63, 3.8) is 0 Å². The summed E-state index contributed by atoms with van der Waals surface area (Å²) in [7, 11) is 0. The van der Waals surface area contributed by atoms with E-state index < -0.39 is 0 Å². The van der Waals surface area contributed by atoms with Gasteiger partial charge in [-0.1, -0.05) is 23.8 Å². The van der Waals surface area contributed by atoms with Crippen LogP contribution in [0.15, 0.2) is 35.4 Å². The Bertz CT molecular complexity index is 697. The zero-order valence-corrected chi connectivity index (χ0v) is 11.8. The van der Waals surface area contributed by atoms with Gasteiger partial charge in [0, 0.05) is 18.1 Å². The van der Waals surface area contributed by atoms with Gasteiger partial charge in [-0.15, -0.1) is 0 Å². The van der Waals surface area contributed by atoms with E-state index in [2.05, 4.69) is 4.98 Å². The molecule has 2 aromatic rings. The summed E-state index contributed by atoms with van der Waals surface area (Å²) in [5, 5.41) is 0.523. The number of halogens is 1. The summed E-state index contributed by atoms with van der Waals surface area (Å²) in [6.45, 7) is 2.21. The van der Waals surface area contributed by atoms with Crippen LogP contribution in [0, 0.1) is 6.92 Å². The first-order chi connectivity index (χ1) is 9.00. The average Bonchev–Trinajstić information content (AvgIpc) is 2.36. The first kappa shape index (κ1) is 13.7. The van der Waals surface area contributed by atoms with Crippen molar-refractivity contribution >= 4 is 28.8 Å². The average molecular weight is 294 g/mol. The third-order valence-corrected chi connectivity index (χ3v) is 3.40. The second-order valence-electron chi connectivity index (χ2n) is 4.11. The summed E-state index contributed by atoms with van der Waals surface area (Å²) < 4.78 is 1.59. The lowest BCUT2D eigenvalue weighted by molar-refractivity contribution is 0.727. The molecule has 0 radical (unpaired) electrons. The van der Waals surface area contributed by atoms with Crippen LogP contribution < -0.4 is 11.3 Å². The minimum atomic E-state index is -0.208. The van der Waals surface area contributed by atoms with Crippen LogP contribution in [0.1, 0.15) is 16.8 Å². The maximum atomic E-state index is 12.3. The van der Waals surface area contributed by atoms with E-state index in [0.29, 0.717) is 17.1 Å². The van der Waals surface area contributed by atoms with E-state index in [4.69, 9.17) is 29.6 Å². The third kappa shape index (κ3) is 2.83. The van der Waals surface area contributed by atoms with Gasteiger partial charge in [0.1, 0.15) is 4.99 Å². The highest BCUT2D eigenvalue weighted by molar-refractivity contribution is 7.80. The van der Waals surface area contributed by atoms with E-state index in [9.17, 15) is 4.79 Å². The van der Waals surface area contributed by atoms with Gasteiger partial charge in [-0.2, -0.15) is 0 Å². The van der Waals surface area contributed by atoms with Gasteiger partial charge in [-0.05, 0) is 30.7 Å². The molecule has 0 amide bonds. The lowest BCUT2D eigenvalue weighted by atomic mass is 10.2. The molecule has 0 aliphatic rings. The van der Waals surface area contributed by atoms with Crippen LogP contribution in [-0.4, -0.2) is 14.5 Å². The standard InChI is InChI=1S/C13H12ClN3OS/c1-8-2-3-10(12(15)19)13(18)17(8)7-9-4-5-16-6-11(9)14/h2-6H,7H2,1H3,(H2,15,19). The zero-order chi connectivity index (χ0) is 14.0. The summed E-state index contributed by atoms with van der Waals surface area (Å²) in [6, 6.07) is 5.23. The number of rotatable bonds is 3. The Morgan fingerprint density at radius 3 is 2.84 bits per heavy atom. The Morgan fingerprint density at radius 1 is 1.47 bits per heavy atom. The molecular formula is C13H12ClN3OS. The van der Waals surface area contributed by atoms with Crippen molar-refractivity contribution in [2.24, 2.45) is 5.73 Å². The van der Waals surface area contributed by atoms with Crippen LogP contribution in [0.25, 0.3) is 0 Å². The summed E-state index contributed by atoms with van der Waals surface area (Å²) in [4.78, 5) is 16.3. The fourth-order valence-electron chi connectivity index (χ4n) is 1.76. The molecule has 0 fully saturated rings. The SMILES string of the molecule is Cc1ccc(C(N)=S)c(=O)n1Cc1ccncc1Cl. The van der Waals surface area contributed by atoms with Gasteiger partial charge in [-0.3, -0.25) is 9.78 Å². The Hall–Kier alpha value is -1.72. The second-order valence-corrected chi connectivity index (χ2v) is 4.96. The van der Waals surface area contributed by atoms with E-state index in [1.54, 1.807) is 29.1 Å². The fourth-order valence-corrected chi connectivity index (χ4v) is 2.09. The molecule has 2 aromatic heterocycles. The van der Waals surface area contributed by atoms with Crippen molar-refractivity contribution in [3.05, 3.63) is 62.8 Å². The maximum Gasteiger partial charge on any atom is 0.261 e. The summed E-state index contributed by atoms with van der Waals surface area (Å²) in [5.74, 6) is 0. The summed E-state index contributed by atoms with van der Waals surface area (Å²) in [5.41, 5.74) is 7.31. The first-order valence-corrected chi connectivity index (χ1v) is 6.38. The Balaban J connectivity index is 2.52. The van der Waals surface area contributed by atoms with Crippen LogP contribution >= 0.6 is 23.8 Å². The summed E-state index contributed by atoms with van der Waals surface area (Å²) in [6.07, 6.45) is 3.19. The predicted molar refractivity (Wildman–Crippen MR) is 79.7 cm³/mol. The van der Waals surface area contributed by atoms with Gasteiger partial charge >= 0.3 is 0 Å². The van der Waals surface area contributed by atoms with Crippen molar-refractivity contribution in [1.29, 1.82) is 0 Å². The van der Waals surface area contributed by atoms with E-state index in [1.165, 1.54) is 0 Å². The third-order valence-electron chi connectivity index (χ3n) is 2.84. The number of nitrogens with two attached hydrogens (primary N) is 1. The highest BCUT2D eigenvalue weighted by atomic mass is 35.5. The smallest absolute Gasteiger partial charge is 0.261 e. The van der Waals surface area contributed by atoms with Crippen molar-refractivity contribution in [3.8, 4) is 0 Å². The molecule has 19 heavy (non-hydrogen) atoms. The van der Waals surface area contributed by atoms with E-state index in [-0.39, 0.29) is 10.5 Å². The van der Waals surface area contributed by atoms with Crippen molar-refractivity contribution in [2.75, 3.05) is 0 Å². The minimum absolute atomic E-state index is 0.0968. The molecule has 0 saturated carbocycles. The lowest BCUT2D eigenvalue weighted by Gasteiger charge is -2.12. The molecule has 0 saturated heterocycles. The van der Waals surface area contributed by atoms with E-state index >= 15 is 0 Å². The van der Waals surface area contributed by atoms with E-state index in [0.717, 1.165) is 11.3 Å². The van der Waals surface area contributed by atoms with Crippen LogP contribution in [0.5, 0.6) is 0 Å².